The van der Waals surface area contributed by atoms with Crippen LogP contribution in [-0.4, -0.2) is 5.78 Å². The Balaban J connectivity index is 2.07. The molecule has 0 spiro atoms. The highest BCUT2D eigenvalue weighted by Crippen LogP contribution is 2.30. The van der Waals surface area contributed by atoms with Crippen molar-refractivity contribution in [1.82, 2.24) is 0 Å². The highest BCUT2D eigenvalue weighted by molar-refractivity contribution is 5.83. The summed E-state index contributed by atoms with van der Waals surface area (Å²) in [5.41, 5.74) is -0.0827. The Labute approximate surface area is 106 Å². The standard InChI is InChI=1S/C15H18F2O/c1-10-4-2-5-11(8-10)15(18)9-12-13(16)6-3-7-14(12)17/h3,6-7,10-11H,2,4-5,8-9H2,1H3. The van der Waals surface area contributed by atoms with E-state index in [0.717, 1.165) is 25.7 Å². The third-order valence-corrected chi connectivity index (χ3v) is 3.80. The molecule has 0 N–H and O–H groups in total. The van der Waals surface area contributed by atoms with Crippen LogP contribution < -0.4 is 0 Å². The van der Waals surface area contributed by atoms with Crippen LogP contribution in [0.5, 0.6) is 0 Å². The van der Waals surface area contributed by atoms with Crippen LogP contribution in [0.25, 0.3) is 0 Å². The lowest BCUT2D eigenvalue weighted by atomic mass is 9.79. The quantitative estimate of drug-likeness (QED) is 0.797. The zero-order valence-corrected chi connectivity index (χ0v) is 10.6. The molecule has 1 fully saturated rings. The first kappa shape index (κ1) is 13.2. The maximum absolute atomic E-state index is 13.5. The second kappa shape index (κ2) is 5.59. The van der Waals surface area contributed by atoms with E-state index in [9.17, 15) is 13.6 Å². The van der Waals surface area contributed by atoms with Crippen LogP contribution in [0.15, 0.2) is 18.2 Å². The largest absolute Gasteiger partial charge is 0.299 e. The monoisotopic (exact) mass is 252 g/mol. The van der Waals surface area contributed by atoms with E-state index in [4.69, 9.17) is 0 Å². The van der Waals surface area contributed by atoms with E-state index < -0.39 is 11.6 Å². The average molecular weight is 252 g/mol. The summed E-state index contributed by atoms with van der Waals surface area (Å²) in [6, 6.07) is 3.73. The van der Waals surface area contributed by atoms with E-state index >= 15 is 0 Å². The molecule has 1 aromatic rings. The maximum Gasteiger partial charge on any atom is 0.140 e. The van der Waals surface area contributed by atoms with Crippen LogP contribution >= 0.6 is 0 Å². The number of Topliss-reactive ketones (excluding diaryl/α,β-unsaturated/α-hetero) is 1. The van der Waals surface area contributed by atoms with Gasteiger partial charge >= 0.3 is 0 Å². The fraction of sp³-hybridized carbons (Fsp3) is 0.533. The number of ketones is 1. The molecule has 0 aliphatic heterocycles. The minimum absolute atomic E-state index is 0.0206. The van der Waals surface area contributed by atoms with Crippen molar-refractivity contribution in [1.29, 1.82) is 0 Å². The van der Waals surface area contributed by atoms with Gasteiger partial charge in [0.05, 0.1) is 0 Å². The predicted molar refractivity (Wildman–Crippen MR) is 66.2 cm³/mol. The van der Waals surface area contributed by atoms with Gasteiger partial charge in [0, 0.05) is 17.9 Å². The van der Waals surface area contributed by atoms with Gasteiger partial charge in [-0.15, -0.1) is 0 Å². The van der Waals surface area contributed by atoms with Crippen molar-refractivity contribution in [3.63, 3.8) is 0 Å². The Kier molecular flexibility index (Phi) is 4.10. The summed E-state index contributed by atoms with van der Waals surface area (Å²) in [6.45, 7) is 2.13. The van der Waals surface area contributed by atoms with Crippen LogP contribution in [0.4, 0.5) is 8.78 Å². The van der Waals surface area contributed by atoms with E-state index in [1.54, 1.807) is 0 Å². The van der Waals surface area contributed by atoms with Crippen molar-refractivity contribution < 1.29 is 13.6 Å². The van der Waals surface area contributed by atoms with E-state index in [0.29, 0.717) is 5.92 Å². The number of carbonyl (C=O) groups excluding carboxylic acids is 1. The molecule has 1 saturated carbocycles. The molecule has 0 bridgehead atoms. The van der Waals surface area contributed by atoms with Gasteiger partial charge in [-0.1, -0.05) is 25.8 Å². The van der Waals surface area contributed by atoms with Crippen LogP contribution in [0.3, 0.4) is 0 Å². The lowest BCUT2D eigenvalue weighted by Gasteiger charge is -2.25. The molecule has 1 aromatic carbocycles. The molecule has 0 amide bonds. The molecular formula is C15H18F2O. The second-order valence-corrected chi connectivity index (χ2v) is 5.31. The highest BCUT2D eigenvalue weighted by Gasteiger charge is 2.26. The van der Waals surface area contributed by atoms with Crippen LogP contribution in [0.2, 0.25) is 0 Å². The molecular weight excluding hydrogens is 234 g/mol. The average Bonchev–Trinajstić information content (AvgIpc) is 2.34. The third-order valence-electron chi connectivity index (χ3n) is 3.80. The normalized spacial score (nSPS) is 23.9. The van der Waals surface area contributed by atoms with E-state index in [1.807, 2.05) is 0 Å². The lowest BCUT2D eigenvalue weighted by molar-refractivity contribution is -0.123. The first-order valence-electron chi connectivity index (χ1n) is 6.53. The minimum Gasteiger partial charge on any atom is -0.299 e. The lowest BCUT2D eigenvalue weighted by Crippen LogP contribution is -2.23. The molecule has 2 unspecified atom stereocenters. The highest BCUT2D eigenvalue weighted by atomic mass is 19.1. The summed E-state index contributed by atoms with van der Waals surface area (Å²) in [4.78, 5) is 12.1. The van der Waals surface area contributed by atoms with Crippen LogP contribution in [0.1, 0.15) is 38.2 Å². The minimum atomic E-state index is -0.618. The van der Waals surface area contributed by atoms with Crippen molar-refractivity contribution in [2.45, 2.75) is 39.0 Å². The van der Waals surface area contributed by atoms with Crippen molar-refractivity contribution in [3.05, 3.63) is 35.4 Å². The van der Waals surface area contributed by atoms with E-state index in [2.05, 4.69) is 6.92 Å². The zero-order valence-electron chi connectivity index (χ0n) is 10.6. The molecule has 3 heteroatoms. The van der Waals surface area contributed by atoms with Crippen molar-refractivity contribution in [2.75, 3.05) is 0 Å². The van der Waals surface area contributed by atoms with Gasteiger partial charge in [0.1, 0.15) is 17.4 Å². The maximum atomic E-state index is 13.5. The van der Waals surface area contributed by atoms with Gasteiger partial charge in [0.25, 0.3) is 0 Å². The van der Waals surface area contributed by atoms with Gasteiger partial charge in [0.2, 0.25) is 0 Å². The van der Waals surface area contributed by atoms with Crippen LogP contribution in [0, 0.1) is 23.5 Å². The molecule has 1 aliphatic carbocycles. The van der Waals surface area contributed by atoms with Gasteiger partial charge in [-0.05, 0) is 30.9 Å². The molecule has 98 valence electrons. The molecule has 2 atom stereocenters. The molecule has 18 heavy (non-hydrogen) atoms. The summed E-state index contributed by atoms with van der Waals surface area (Å²) in [5, 5.41) is 0. The molecule has 2 rings (SSSR count). The second-order valence-electron chi connectivity index (χ2n) is 5.31. The van der Waals surface area contributed by atoms with Gasteiger partial charge in [-0.2, -0.15) is 0 Å². The molecule has 1 nitrogen and oxygen atoms in total. The smallest absolute Gasteiger partial charge is 0.140 e. The predicted octanol–water partition coefficient (Wildman–Crippen LogP) is 3.90. The van der Waals surface area contributed by atoms with Crippen molar-refractivity contribution in [2.24, 2.45) is 11.8 Å². The van der Waals surface area contributed by atoms with Crippen LogP contribution in [-0.2, 0) is 11.2 Å². The number of hydrogen-bond donors (Lipinski definition) is 0. The number of hydrogen-bond acceptors (Lipinski definition) is 1. The topological polar surface area (TPSA) is 17.1 Å². The van der Waals surface area contributed by atoms with Crippen molar-refractivity contribution >= 4 is 5.78 Å². The fourth-order valence-corrected chi connectivity index (χ4v) is 2.75. The number of carbonyl (C=O) groups is 1. The van der Waals surface area contributed by atoms with Crippen molar-refractivity contribution in [3.8, 4) is 0 Å². The number of halogens is 2. The molecule has 0 heterocycles. The van der Waals surface area contributed by atoms with Gasteiger partial charge in [-0.3, -0.25) is 4.79 Å². The zero-order chi connectivity index (χ0) is 13.1. The first-order chi connectivity index (χ1) is 8.58. The molecule has 0 saturated heterocycles. The van der Waals surface area contributed by atoms with Gasteiger partial charge < -0.3 is 0 Å². The Hall–Kier alpha value is -1.25. The SMILES string of the molecule is CC1CCCC(C(=O)Cc2c(F)cccc2F)C1. The Morgan fingerprint density at radius 2 is 1.94 bits per heavy atom. The summed E-state index contributed by atoms with van der Waals surface area (Å²) < 4.78 is 26.9. The summed E-state index contributed by atoms with van der Waals surface area (Å²) in [5.74, 6) is -0.740. The molecule has 0 aromatic heterocycles. The first-order valence-corrected chi connectivity index (χ1v) is 6.53. The Morgan fingerprint density at radius 1 is 1.28 bits per heavy atom. The van der Waals surface area contributed by atoms with E-state index in [1.165, 1.54) is 18.2 Å². The third kappa shape index (κ3) is 2.95. The Morgan fingerprint density at radius 3 is 2.56 bits per heavy atom. The van der Waals surface area contributed by atoms with E-state index in [-0.39, 0.29) is 23.7 Å². The Bertz CT molecular complexity index is 422. The summed E-state index contributed by atoms with van der Waals surface area (Å²) in [7, 11) is 0. The summed E-state index contributed by atoms with van der Waals surface area (Å²) in [6.07, 6.45) is 3.79. The summed E-state index contributed by atoms with van der Waals surface area (Å²) >= 11 is 0. The number of rotatable bonds is 3. The van der Waals surface area contributed by atoms with Gasteiger partial charge in [0.15, 0.2) is 0 Å². The fourth-order valence-electron chi connectivity index (χ4n) is 2.75. The molecule has 0 radical (unpaired) electrons. The number of benzene rings is 1. The van der Waals surface area contributed by atoms with Gasteiger partial charge in [-0.25, -0.2) is 8.78 Å². The molecule has 1 aliphatic rings.